The number of aromatic amines is 1. The monoisotopic (exact) mass is 271 g/mol. The third-order valence-electron chi connectivity index (χ3n) is 3.48. The van der Waals surface area contributed by atoms with Gasteiger partial charge in [0.1, 0.15) is 17.3 Å². The average molecular weight is 271 g/mol. The summed E-state index contributed by atoms with van der Waals surface area (Å²) in [5, 5.41) is 0. The standard InChI is InChI=1S/C14H17N5O/c1-11-15-6-4-13(17-11)18-7-9-19(10-8-18)14(20)12-3-2-5-16-12/h2-6,16H,7-10H2,1H3. The van der Waals surface area contributed by atoms with Gasteiger partial charge in [0, 0.05) is 38.6 Å². The fourth-order valence-corrected chi connectivity index (χ4v) is 2.39. The lowest BCUT2D eigenvalue weighted by atomic mass is 10.2. The minimum absolute atomic E-state index is 0.0634. The molecule has 3 rings (SSSR count). The second-order valence-electron chi connectivity index (χ2n) is 4.83. The second kappa shape index (κ2) is 5.32. The highest BCUT2D eigenvalue weighted by Crippen LogP contribution is 2.14. The normalized spacial score (nSPS) is 15.4. The molecule has 0 unspecified atom stereocenters. The van der Waals surface area contributed by atoms with Crippen LogP contribution in [0.25, 0.3) is 0 Å². The molecule has 6 heteroatoms. The summed E-state index contributed by atoms with van der Waals surface area (Å²) < 4.78 is 0. The summed E-state index contributed by atoms with van der Waals surface area (Å²) in [6, 6.07) is 5.56. The Morgan fingerprint density at radius 3 is 2.70 bits per heavy atom. The molecule has 0 bridgehead atoms. The lowest BCUT2D eigenvalue weighted by molar-refractivity contribution is 0.0741. The molecule has 104 valence electrons. The van der Waals surface area contributed by atoms with Crippen molar-refractivity contribution in [3.63, 3.8) is 0 Å². The van der Waals surface area contributed by atoms with Gasteiger partial charge in [-0.2, -0.15) is 0 Å². The number of amides is 1. The van der Waals surface area contributed by atoms with Crippen molar-refractivity contribution < 1.29 is 4.79 Å². The molecule has 1 saturated heterocycles. The van der Waals surface area contributed by atoms with E-state index >= 15 is 0 Å². The third kappa shape index (κ3) is 2.49. The molecule has 1 aliphatic rings. The van der Waals surface area contributed by atoms with Gasteiger partial charge in [0.15, 0.2) is 0 Å². The molecule has 0 spiro atoms. The molecular weight excluding hydrogens is 254 g/mol. The Balaban J connectivity index is 1.64. The maximum atomic E-state index is 12.2. The first-order valence-corrected chi connectivity index (χ1v) is 6.71. The molecule has 20 heavy (non-hydrogen) atoms. The van der Waals surface area contributed by atoms with E-state index in [4.69, 9.17) is 0 Å². The number of hydrogen-bond donors (Lipinski definition) is 1. The third-order valence-corrected chi connectivity index (χ3v) is 3.48. The first-order chi connectivity index (χ1) is 9.74. The van der Waals surface area contributed by atoms with Crippen LogP contribution in [0.15, 0.2) is 30.6 Å². The fraction of sp³-hybridized carbons (Fsp3) is 0.357. The number of H-pyrrole nitrogens is 1. The van der Waals surface area contributed by atoms with E-state index in [0.29, 0.717) is 18.8 Å². The minimum Gasteiger partial charge on any atom is -0.357 e. The minimum atomic E-state index is 0.0634. The highest BCUT2D eigenvalue weighted by molar-refractivity contribution is 5.92. The number of rotatable bonds is 2. The van der Waals surface area contributed by atoms with Gasteiger partial charge in [-0.25, -0.2) is 9.97 Å². The van der Waals surface area contributed by atoms with E-state index in [2.05, 4.69) is 19.9 Å². The highest BCUT2D eigenvalue weighted by Gasteiger charge is 2.23. The summed E-state index contributed by atoms with van der Waals surface area (Å²) in [6.45, 7) is 4.89. The lowest BCUT2D eigenvalue weighted by Crippen LogP contribution is -2.49. The van der Waals surface area contributed by atoms with Gasteiger partial charge in [0.25, 0.3) is 5.91 Å². The summed E-state index contributed by atoms with van der Waals surface area (Å²) in [6.07, 6.45) is 3.54. The quantitative estimate of drug-likeness (QED) is 0.887. The SMILES string of the molecule is Cc1nccc(N2CCN(C(=O)c3ccc[nH]3)CC2)n1. The van der Waals surface area contributed by atoms with Gasteiger partial charge in [-0.15, -0.1) is 0 Å². The summed E-state index contributed by atoms with van der Waals surface area (Å²) in [5.74, 6) is 1.77. The molecule has 1 fully saturated rings. The van der Waals surface area contributed by atoms with Crippen LogP contribution in [0.3, 0.4) is 0 Å². The molecule has 0 atom stereocenters. The predicted octanol–water partition coefficient (Wildman–Crippen LogP) is 1.08. The van der Waals surface area contributed by atoms with Crippen molar-refractivity contribution in [1.82, 2.24) is 19.9 Å². The molecule has 2 aromatic rings. The Kier molecular flexibility index (Phi) is 3.37. The van der Waals surface area contributed by atoms with Crippen LogP contribution in [0.5, 0.6) is 0 Å². The topological polar surface area (TPSA) is 65.1 Å². The number of nitrogens with zero attached hydrogens (tertiary/aromatic N) is 4. The van der Waals surface area contributed by atoms with E-state index in [-0.39, 0.29) is 5.91 Å². The van der Waals surface area contributed by atoms with Gasteiger partial charge in [-0.3, -0.25) is 4.79 Å². The maximum Gasteiger partial charge on any atom is 0.270 e. The number of carbonyl (C=O) groups is 1. The van der Waals surface area contributed by atoms with Gasteiger partial charge < -0.3 is 14.8 Å². The average Bonchev–Trinajstić information content (AvgIpc) is 3.01. The molecule has 2 aromatic heterocycles. The molecule has 1 aliphatic heterocycles. The van der Waals surface area contributed by atoms with Gasteiger partial charge in [-0.05, 0) is 25.1 Å². The Labute approximate surface area is 117 Å². The molecule has 0 aliphatic carbocycles. The van der Waals surface area contributed by atoms with E-state index in [1.807, 2.05) is 30.0 Å². The van der Waals surface area contributed by atoms with Crippen molar-refractivity contribution in [3.8, 4) is 0 Å². The first kappa shape index (κ1) is 12.7. The number of carbonyl (C=O) groups excluding carboxylic acids is 1. The van der Waals surface area contributed by atoms with Crippen LogP contribution < -0.4 is 4.90 Å². The molecular formula is C14H17N5O. The first-order valence-electron chi connectivity index (χ1n) is 6.71. The molecule has 0 aromatic carbocycles. The zero-order chi connectivity index (χ0) is 13.9. The van der Waals surface area contributed by atoms with E-state index in [1.165, 1.54) is 0 Å². The van der Waals surface area contributed by atoms with Gasteiger partial charge >= 0.3 is 0 Å². The summed E-state index contributed by atoms with van der Waals surface area (Å²) in [5.41, 5.74) is 0.649. The van der Waals surface area contributed by atoms with Crippen molar-refractivity contribution in [1.29, 1.82) is 0 Å². The largest absolute Gasteiger partial charge is 0.357 e. The Hall–Kier alpha value is -2.37. The number of hydrogen-bond acceptors (Lipinski definition) is 4. The van der Waals surface area contributed by atoms with Crippen LogP contribution in [-0.2, 0) is 0 Å². The fourth-order valence-electron chi connectivity index (χ4n) is 2.39. The van der Waals surface area contributed by atoms with E-state index < -0.39 is 0 Å². The number of piperazine rings is 1. The van der Waals surface area contributed by atoms with E-state index in [9.17, 15) is 4.79 Å². The van der Waals surface area contributed by atoms with Crippen LogP contribution in [-0.4, -0.2) is 51.9 Å². The van der Waals surface area contributed by atoms with Crippen LogP contribution in [0.4, 0.5) is 5.82 Å². The smallest absolute Gasteiger partial charge is 0.270 e. The van der Waals surface area contributed by atoms with Crippen molar-refractivity contribution in [2.45, 2.75) is 6.92 Å². The van der Waals surface area contributed by atoms with Crippen molar-refractivity contribution in [2.75, 3.05) is 31.1 Å². The van der Waals surface area contributed by atoms with Gasteiger partial charge in [-0.1, -0.05) is 0 Å². The second-order valence-corrected chi connectivity index (χ2v) is 4.83. The molecule has 0 saturated carbocycles. The molecule has 0 radical (unpaired) electrons. The molecule has 3 heterocycles. The van der Waals surface area contributed by atoms with Crippen LogP contribution in [0, 0.1) is 6.92 Å². The summed E-state index contributed by atoms with van der Waals surface area (Å²) in [4.78, 5) is 27.8. The van der Waals surface area contributed by atoms with Crippen LogP contribution in [0.1, 0.15) is 16.3 Å². The Bertz CT molecular complexity index is 587. The van der Waals surface area contributed by atoms with Gasteiger partial charge in [0.05, 0.1) is 0 Å². The van der Waals surface area contributed by atoms with Crippen molar-refractivity contribution in [2.24, 2.45) is 0 Å². The van der Waals surface area contributed by atoms with E-state index in [0.717, 1.165) is 24.7 Å². The number of aromatic nitrogens is 3. The molecule has 6 nitrogen and oxygen atoms in total. The van der Waals surface area contributed by atoms with Crippen molar-refractivity contribution >= 4 is 11.7 Å². The summed E-state index contributed by atoms with van der Waals surface area (Å²) in [7, 11) is 0. The number of nitrogens with one attached hydrogen (secondary N) is 1. The predicted molar refractivity (Wildman–Crippen MR) is 75.7 cm³/mol. The molecule has 1 N–H and O–H groups in total. The Morgan fingerprint density at radius 1 is 1.25 bits per heavy atom. The molecule has 1 amide bonds. The summed E-state index contributed by atoms with van der Waals surface area (Å²) >= 11 is 0. The van der Waals surface area contributed by atoms with Crippen LogP contribution >= 0.6 is 0 Å². The highest BCUT2D eigenvalue weighted by atomic mass is 16.2. The maximum absolute atomic E-state index is 12.2. The van der Waals surface area contributed by atoms with E-state index in [1.54, 1.807) is 12.4 Å². The number of aryl methyl sites for hydroxylation is 1. The Morgan fingerprint density at radius 2 is 2.05 bits per heavy atom. The number of anilines is 1. The zero-order valence-corrected chi connectivity index (χ0v) is 11.4. The lowest BCUT2D eigenvalue weighted by Gasteiger charge is -2.35. The van der Waals surface area contributed by atoms with Crippen LogP contribution in [0.2, 0.25) is 0 Å². The van der Waals surface area contributed by atoms with Crippen molar-refractivity contribution in [3.05, 3.63) is 42.1 Å². The zero-order valence-electron chi connectivity index (χ0n) is 11.4. The van der Waals surface area contributed by atoms with Gasteiger partial charge in [0.2, 0.25) is 0 Å².